The highest BCUT2D eigenvalue weighted by Gasteiger charge is 2.19. The number of benzene rings is 1. The molecular formula is C13H16N2O2. The van der Waals surface area contributed by atoms with Crippen LogP contribution in [0, 0.1) is 18.3 Å². The number of rotatable bonds is 4. The number of amides is 1. The zero-order chi connectivity index (χ0) is 12.9. The van der Waals surface area contributed by atoms with Gasteiger partial charge in [-0.05, 0) is 32.9 Å². The van der Waals surface area contributed by atoms with Gasteiger partial charge >= 0.3 is 0 Å². The first kappa shape index (κ1) is 13.0. The van der Waals surface area contributed by atoms with E-state index in [0.29, 0.717) is 5.75 Å². The normalized spacial score (nSPS) is 10.5. The van der Waals surface area contributed by atoms with E-state index in [2.05, 4.69) is 5.32 Å². The number of nitriles is 1. The molecule has 0 aliphatic carbocycles. The van der Waals surface area contributed by atoms with E-state index in [-0.39, 0.29) is 12.5 Å². The highest BCUT2D eigenvalue weighted by molar-refractivity contribution is 5.78. The van der Waals surface area contributed by atoms with Gasteiger partial charge in [0.15, 0.2) is 6.61 Å². The SMILES string of the molecule is Cc1ccc(OCC(=O)NC(C)(C)C#N)cc1. The molecule has 90 valence electrons. The first-order valence-corrected chi connectivity index (χ1v) is 5.35. The van der Waals surface area contributed by atoms with Crippen molar-refractivity contribution >= 4 is 5.91 Å². The fourth-order valence-electron chi connectivity index (χ4n) is 1.20. The maximum absolute atomic E-state index is 11.5. The van der Waals surface area contributed by atoms with Crippen molar-refractivity contribution in [2.75, 3.05) is 6.61 Å². The Balaban J connectivity index is 2.44. The van der Waals surface area contributed by atoms with E-state index in [0.717, 1.165) is 5.56 Å². The minimum Gasteiger partial charge on any atom is -0.484 e. The highest BCUT2D eigenvalue weighted by atomic mass is 16.5. The van der Waals surface area contributed by atoms with Gasteiger partial charge in [-0.2, -0.15) is 5.26 Å². The number of nitrogens with zero attached hydrogens (tertiary/aromatic N) is 1. The summed E-state index contributed by atoms with van der Waals surface area (Å²) in [6.45, 7) is 5.16. The minimum atomic E-state index is -0.867. The molecule has 17 heavy (non-hydrogen) atoms. The summed E-state index contributed by atoms with van der Waals surface area (Å²) in [6, 6.07) is 9.42. The van der Waals surface area contributed by atoms with Crippen LogP contribution in [-0.2, 0) is 4.79 Å². The molecule has 4 heteroatoms. The highest BCUT2D eigenvalue weighted by Crippen LogP contribution is 2.11. The number of hydrogen-bond acceptors (Lipinski definition) is 3. The predicted octanol–water partition coefficient (Wildman–Crippen LogP) is 1.79. The third-order valence-electron chi connectivity index (χ3n) is 2.12. The molecule has 0 saturated heterocycles. The third kappa shape index (κ3) is 4.56. The molecule has 4 nitrogen and oxygen atoms in total. The van der Waals surface area contributed by atoms with Crippen LogP contribution in [0.15, 0.2) is 24.3 Å². The minimum absolute atomic E-state index is 0.0891. The molecule has 0 atom stereocenters. The Kier molecular flexibility index (Phi) is 4.11. The van der Waals surface area contributed by atoms with E-state index in [4.69, 9.17) is 10.00 Å². The zero-order valence-corrected chi connectivity index (χ0v) is 10.3. The Bertz CT molecular complexity index is 430. The van der Waals surface area contributed by atoms with E-state index in [9.17, 15) is 4.79 Å². The molecule has 0 spiro atoms. The fourth-order valence-corrected chi connectivity index (χ4v) is 1.20. The van der Waals surface area contributed by atoms with Gasteiger partial charge in [0.2, 0.25) is 0 Å². The van der Waals surface area contributed by atoms with Crippen molar-refractivity contribution in [2.45, 2.75) is 26.3 Å². The number of carbonyl (C=O) groups excluding carboxylic acids is 1. The Morgan fingerprint density at radius 1 is 1.41 bits per heavy atom. The van der Waals surface area contributed by atoms with Crippen molar-refractivity contribution in [3.05, 3.63) is 29.8 Å². The van der Waals surface area contributed by atoms with Gasteiger partial charge < -0.3 is 10.1 Å². The first-order chi connectivity index (χ1) is 7.93. The van der Waals surface area contributed by atoms with Crippen molar-refractivity contribution < 1.29 is 9.53 Å². The average molecular weight is 232 g/mol. The second-order valence-electron chi connectivity index (χ2n) is 4.39. The number of nitrogens with one attached hydrogen (secondary N) is 1. The van der Waals surface area contributed by atoms with Crippen LogP contribution in [0.2, 0.25) is 0 Å². The summed E-state index contributed by atoms with van der Waals surface area (Å²) >= 11 is 0. The van der Waals surface area contributed by atoms with Gasteiger partial charge in [-0.15, -0.1) is 0 Å². The molecule has 0 saturated carbocycles. The summed E-state index contributed by atoms with van der Waals surface area (Å²) in [4.78, 5) is 11.5. The van der Waals surface area contributed by atoms with E-state index >= 15 is 0 Å². The van der Waals surface area contributed by atoms with Crippen molar-refractivity contribution in [3.63, 3.8) is 0 Å². The number of carbonyl (C=O) groups is 1. The Morgan fingerprint density at radius 3 is 2.53 bits per heavy atom. The molecule has 1 aromatic carbocycles. The molecule has 1 amide bonds. The quantitative estimate of drug-likeness (QED) is 0.860. The Labute approximate surface area is 101 Å². The maximum Gasteiger partial charge on any atom is 0.259 e. The lowest BCUT2D eigenvalue weighted by molar-refractivity contribution is -0.124. The van der Waals surface area contributed by atoms with Crippen LogP contribution in [0.1, 0.15) is 19.4 Å². The molecule has 0 radical (unpaired) electrons. The smallest absolute Gasteiger partial charge is 0.259 e. The molecule has 0 fully saturated rings. The van der Waals surface area contributed by atoms with E-state index in [1.807, 2.05) is 25.1 Å². The Morgan fingerprint density at radius 2 is 2.00 bits per heavy atom. The van der Waals surface area contributed by atoms with Crippen LogP contribution in [0.4, 0.5) is 0 Å². The largest absolute Gasteiger partial charge is 0.484 e. The second-order valence-corrected chi connectivity index (χ2v) is 4.39. The van der Waals surface area contributed by atoms with Gasteiger partial charge in [0, 0.05) is 0 Å². The maximum atomic E-state index is 11.5. The van der Waals surface area contributed by atoms with Crippen LogP contribution in [0.3, 0.4) is 0 Å². The first-order valence-electron chi connectivity index (χ1n) is 5.35. The topological polar surface area (TPSA) is 62.1 Å². The van der Waals surface area contributed by atoms with Crippen LogP contribution in [0.25, 0.3) is 0 Å². The molecule has 0 unspecified atom stereocenters. The fraction of sp³-hybridized carbons (Fsp3) is 0.385. The van der Waals surface area contributed by atoms with Crippen molar-refractivity contribution in [3.8, 4) is 11.8 Å². The number of aryl methyl sites for hydroxylation is 1. The van der Waals surface area contributed by atoms with E-state index < -0.39 is 5.54 Å². The summed E-state index contributed by atoms with van der Waals surface area (Å²) in [5.41, 5.74) is 0.265. The molecule has 0 aromatic heterocycles. The summed E-state index contributed by atoms with van der Waals surface area (Å²) in [5, 5.41) is 11.3. The van der Waals surface area contributed by atoms with Gasteiger partial charge in [-0.3, -0.25) is 4.79 Å². The van der Waals surface area contributed by atoms with Gasteiger partial charge in [0.05, 0.1) is 6.07 Å². The summed E-state index contributed by atoms with van der Waals surface area (Å²) in [6.07, 6.45) is 0. The number of ether oxygens (including phenoxy) is 1. The molecule has 0 aliphatic heterocycles. The van der Waals surface area contributed by atoms with Crippen molar-refractivity contribution in [2.24, 2.45) is 0 Å². The second kappa shape index (κ2) is 5.35. The van der Waals surface area contributed by atoms with E-state index in [1.165, 1.54) is 0 Å². The van der Waals surface area contributed by atoms with Crippen molar-refractivity contribution in [1.29, 1.82) is 5.26 Å². The lowest BCUT2D eigenvalue weighted by atomic mass is 10.1. The van der Waals surface area contributed by atoms with Gasteiger partial charge in [-0.1, -0.05) is 17.7 Å². The standard InChI is InChI=1S/C13H16N2O2/c1-10-4-6-11(7-5-10)17-8-12(16)15-13(2,3)9-14/h4-7H,8H2,1-3H3,(H,15,16). The molecule has 0 heterocycles. The summed E-state index contributed by atoms with van der Waals surface area (Å²) in [5.74, 6) is 0.331. The molecule has 1 N–H and O–H groups in total. The van der Waals surface area contributed by atoms with Crippen molar-refractivity contribution in [1.82, 2.24) is 5.32 Å². The van der Waals surface area contributed by atoms with Crippen LogP contribution in [-0.4, -0.2) is 18.1 Å². The van der Waals surface area contributed by atoms with E-state index in [1.54, 1.807) is 26.0 Å². The van der Waals surface area contributed by atoms with Crippen LogP contribution in [0.5, 0.6) is 5.75 Å². The lowest BCUT2D eigenvalue weighted by Gasteiger charge is -2.17. The average Bonchev–Trinajstić information content (AvgIpc) is 2.28. The monoisotopic (exact) mass is 232 g/mol. The lowest BCUT2D eigenvalue weighted by Crippen LogP contribution is -2.44. The zero-order valence-electron chi connectivity index (χ0n) is 10.3. The van der Waals surface area contributed by atoms with Gasteiger partial charge in [-0.25, -0.2) is 0 Å². The Hall–Kier alpha value is -2.02. The van der Waals surface area contributed by atoms with Gasteiger partial charge in [0.1, 0.15) is 11.3 Å². The summed E-state index contributed by atoms with van der Waals surface area (Å²) < 4.78 is 5.29. The molecule has 1 rings (SSSR count). The van der Waals surface area contributed by atoms with Crippen LogP contribution < -0.4 is 10.1 Å². The third-order valence-corrected chi connectivity index (χ3v) is 2.12. The van der Waals surface area contributed by atoms with Gasteiger partial charge in [0.25, 0.3) is 5.91 Å². The molecule has 0 aliphatic rings. The molecule has 1 aromatic rings. The molecular weight excluding hydrogens is 216 g/mol. The summed E-state index contributed by atoms with van der Waals surface area (Å²) in [7, 11) is 0. The predicted molar refractivity (Wildman–Crippen MR) is 64.5 cm³/mol. The number of hydrogen-bond donors (Lipinski definition) is 1. The van der Waals surface area contributed by atoms with Crippen LogP contribution >= 0.6 is 0 Å². The molecule has 0 bridgehead atoms.